The molecule has 2 N–H and O–H groups in total. The second kappa shape index (κ2) is 9.96. The van der Waals surface area contributed by atoms with Gasteiger partial charge in [0.25, 0.3) is 0 Å². The topological polar surface area (TPSA) is 44.4 Å². The van der Waals surface area contributed by atoms with Crippen LogP contribution in [0.2, 0.25) is 0 Å². The normalized spacial score (nSPS) is 18.1. The molecule has 128 valence electrons. The minimum absolute atomic E-state index is 0.138. The Kier molecular flexibility index (Phi) is 7.92. The average Bonchev–Trinajstić information content (AvgIpc) is 2.59. The average molecular weight is 336 g/mol. The van der Waals surface area contributed by atoms with Crippen molar-refractivity contribution in [3.8, 4) is 0 Å². The molecular weight excluding hydrogens is 306 g/mol. The molecule has 2 rings (SSSR count). The molecule has 1 unspecified atom stereocenters. The molecule has 0 aromatic heterocycles. The monoisotopic (exact) mass is 335 g/mol. The molecule has 1 atom stereocenters. The molecule has 1 aliphatic rings. The van der Waals surface area contributed by atoms with Gasteiger partial charge in [-0.25, -0.2) is 0 Å². The first-order chi connectivity index (χ1) is 11.2. The maximum Gasteiger partial charge on any atom is 0.221 e. The Morgan fingerprint density at radius 3 is 2.83 bits per heavy atom. The van der Waals surface area contributed by atoms with Crippen LogP contribution in [0.15, 0.2) is 24.3 Å². The lowest BCUT2D eigenvalue weighted by atomic mass is 10.1. The Balaban J connectivity index is 1.79. The minimum Gasteiger partial charge on any atom is -0.352 e. The van der Waals surface area contributed by atoms with Crippen molar-refractivity contribution in [1.29, 1.82) is 0 Å². The van der Waals surface area contributed by atoms with Crippen LogP contribution in [-0.2, 0) is 17.9 Å². The Bertz CT molecular complexity index is 485. The number of carbonyl (C=O) groups is 1. The zero-order valence-corrected chi connectivity index (χ0v) is 15.1. The van der Waals surface area contributed by atoms with Gasteiger partial charge in [-0.15, -0.1) is 0 Å². The van der Waals surface area contributed by atoms with Crippen LogP contribution < -0.4 is 10.6 Å². The Labute approximate surface area is 144 Å². The van der Waals surface area contributed by atoms with Gasteiger partial charge in [0, 0.05) is 43.6 Å². The van der Waals surface area contributed by atoms with Crippen LogP contribution in [0.3, 0.4) is 0 Å². The predicted molar refractivity (Wildman–Crippen MR) is 98.6 cm³/mol. The van der Waals surface area contributed by atoms with Gasteiger partial charge in [0.2, 0.25) is 5.91 Å². The molecule has 1 aliphatic heterocycles. The van der Waals surface area contributed by atoms with E-state index in [-0.39, 0.29) is 5.91 Å². The molecule has 1 aromatic carbocycles. The SMILES string of the molecule is CCN(CC)Cc1cccc(CNC(=O)CC2CSCCN2)c1. The van der Waals surface area contributed by atoms with E-state index in [9.17, 15) is 4.79 Å². The van der Waals surface area contributed by atoms with Crippen LogP contribution >= 0.6 is 11.8 Å². The van der Waals surface area contributed by atoms with Crippen molar-refractivity contribution in [2.24, 2.45) is 0 Å². The van der Waals surface area contributed by atoms with Gasteiger partial charge in [-0.1, -0.05) is 38.1 Å². The molecule has 0 spiro atoms. The highest BCUT2D eigenvalue weighted by atomic mass is 32.2. The molecule has 0 bridgehead atoms. The number of carbonyl (C=O) groups excluding carboxylic acids is 1. The highest BCUT2D eigenvalue weighted by molar-refractivity contribution is 7.99. The number of nitrogens with one attached hydrogen (secondary N) is 2. The van der Waals surface area contributed by atoms with Crippen molar-refractivity contribution in [1.82, 2.24) is 15.5 Å². The van der Waals surface area contributed by atoms with E-state index in [1.165, 1.54) is 11.1 Å². The number of amides is 1. The standard InChI is InChI=1S/C18H29N3OS/c1-3-21(4-2)13-16-7-5-6-15(10-16)12-20-18(22)11-17-14-23-9-8-19-17/h5-7,10,17,19H,3-4,8-9,11-14H2,1-2H3,(H,20,22). The maximum atomic E-state index is 12.1. The fourth-order valence-electron chi connectivity index (χ4n) is 2.79. The van der Waals surface area contributed by atoms with Gasteiger partial charge < -0.3 is 10.6 Å². The zero-order chi connectivity index (χ0) is 16.5. The number of rotatable bonds is 8. The summed E-state index contributed by atoms with van der Waals surface area (Å²) in [5, 5.41) is 6.46. The van der Waals surface area contributed by atoms with Crippen LogP contribution in [0, 0.1) is 0 Å². The number of thioether (sulfide) groups is 1. The lowest BCUT2D eigenvalue weighted by Crippen LogP contribution is -2.41. The third-order valence-corrected chi connectivity index (χ3v) is 5.34. The summed E-state index contributed by atoms with van der Waals surface area (Å²) >= 11 is 1.92. The highest BCUT2D eigenvalue weighted by Gasteiger charge is 2.16. The molecule has 1 heterocycles. The van der Waals surface area contributed by atoms with Gasteiger partial charge in [-0.05, 0) is 24.2 Å². The van der Waals surface area contributed by atoms with Crippen molar-refractivity contribution in [3.05, 3.63) is 35.4 Å². The number of benzene rings is 1. The molecule has 5 heteroatoms. The molecule has 4 nitrogen and oxygen atoms in total. The van der Waals surface area contributed by atoms with Gasteiger partial charge in [0.15, 0.2) is 0 Å². The zero-order valence-electron chi connectivity index (χ0n) is 14.3. The summed E-state index contributed by atoms with van der Waals surface area (Å²) in [5.41, 5.74) is 2.49. The van der Waals surface area contributed by atoms with E-state index in [0.29, 0.717) is 19.0 Å². The van der Waals surface area contributed by atoms with E-state index < -0.39 is 0 Å². The first kappa shape index (κ1) is 18.3. The second-order valence-corrected chi connectivity index (χ2v) is 7.14. The lowest BCUT2D eigenvalue weighted by molar-refractivity contribution is -0.121. The molecular formula is C18H29N3OS. The van der Waals surface area contributed by atoms with Gasteiger partial charge in [-0.3, -0.25) is 9.69 Å². The summed E-state index contributed by atoms with van der Waals surface area (Å²) in [5.74, 6) is 2.32. The predicted octanol–water partition coefficient (Wildman–Crippen LogP) is 2.24. The smallest absolute Gasteiger partial charge is 0.221 e. The van der Waals surface area contributed by atoms with E-state index in [4.69, 9.17) is 0 Å². The Morgan fingerprint density at radius 1 is 1.35 bits per heavy atom. The first-order valence-electron chi connectivity index (χ1n) is 8.59. The largest absolute Gasteiger partial charge is 0.352 e. The minimum atomic E-state index is 0.138. The van der Waals surface area contributed by atoms with Gasteiger partial charge in [0.05, 0.1) is 0 Å². The van der Waals surface area contributed by atoms with E-state index >= 15 is 0 Å². The van der Waals surface area contributed by atoms with Gasteiger partial charge >= 0.3 is 0 Å². The Hall–Kier alpha value is -1.04. The van der Waals surface area contributed by atoms with E-state index in [1.54, 1.807) is 0 Å². The molecule has 0 saturated carbocycles. The molecule has 0 radical (unpaired) electrons. The fraction of sp³-hybridized carbons (Fsp3) is 0.611. The van der Waals surface area contributed by atoms with Crippen molar-refractivity contribution in [2.45, 2.75) is 39.4 Å². The van der Waals surface area contributed by atoms with E-state index in [2.05, 4.69) is 53.6 Å². The molecule has 1 amide bonds. The fourth-order valence-corrected chi connectivity index (χ4v) is 3.74. The van der Waals surface area contributed by atoms with Crippen LogP contribution in [-0.4, -0.2) is 48.0 Å². The molecule has 0 aliphatic carbocycles. The van der Waals surface area contributed by atoms with Gasteiger partial charge in [0.1, 0.15) is 0 Å². The molecule has 1 aromatic rings. The number of nitrogens with zero attached hydrogens (tertiary/aromatic N) is 1. The number of hydrogen-bond donors (Lipinski definition) is 2. The third-order valence-electron chi connectivity index (χ3n) is 4.21. The van der Waals surface area contributed by atoms with Crippen molar-refractivity contribution in [2.75, 3.05) is 31.1 Å². The third kappa shape index (κ3) is 6.53. The summed E-state index contributed by atoms with van der Waals surface area (Å²) in [6, 6.07) is 8.85. The quantitative estimate of drug-likeness (QED) is 0.765. The van der Waals surface area contributed by atoms with Crippen LogP contribution in [0.25, 0.3) is 0 Å². The second-order valence-electron chi connectivity index (χ2n) is 5.99. The maximum absolute atomic E-state index is 12.1. The molecule has 1 saturated heterocycles. The summed E-state index contributed by atoms with van der Waals surface area (Å²) in [6.45, 7) is 9.09. The molecule has 1 fully saturated rings. The van der Waals surface area contributed by atoms with Crippen molar-refractivity contribution >= 4 is 17.7 Å². The van der Waals surface area contributed by atoms with Crippen LogP contribution in [0.4, 0.5) is 0 Å². The van der Waals surface area contributed by atoms with Gasteiger partial charge in [-0.2, -0.15) is 11.8 Å². The van der Waals surface area contributed by atoms with E-state index in [1.807, 2.05) is 11.8 Å². The van der Waals surface area contributed by atoms with Crippen LogP contribution in [0.1, 0.15) is 31.4 Å². The summed E-state index contributed by atoms with van der Waals surface area (Å²) < 4.78 is 0. The van der Waals surface area contributed by atoms with E-state index in [0.717, 1.165) is 37.7 Å². The number of hydrogen-bond acceptors (Lipinski definition) is 4. The molecule has 23 heavy (non-hydrogen) atoms. The highest BCUT2D eigenvalue weighted by Crippen LogP contribution is 2.11. The Morgan fingerprint density at radius 2 is 2.13 bits per heavy atom. The summed E-state index contributed by atoms with van der Waals surface area (Å²) in [7, 11) is 0. The summed E-state index contributed by atoms with van der Waals surface area (Å²) in [4.78, 5) is 14.5. The lowest BCUT2D eigenvalue weighted by Gasteiger charge is -2.22. The van der Waals surface area contributed by atoms with Crippen molar-refractivity contribution < 1.29 is 4.79 Å². The summed E-state index contributed by atoms with van der Waals surface area (Å²) in [6.07, 6.45) is 0.576. The van der Waals surface area contributed by atoms with Crippen LogP contribution in [0.5, 0.6) is 0 Å². The van der Waals surface area contributed by atoms with Crippen molar-refractivity contribution in [3.63, 3.8) is 0 Å². The first-order valence-corrected chi connectivity index (χ1v) is 9.74.